The lowest BCUT2D eigenvalue weighted by Gasteiger charge is -2.57. The van der Waals surface area contributed by atoms with E-state index in [0.29, 0.717) is 25.7 Å². The molecule has 2 aliphatic carbocycles. The summed E-state index contributed by atoms with van der Waals surface area (Å²) in [7, 11) is 0. The van der Waals surface area contributed by atoms with Crippen LogP contribution in [0.5, 0.6) is 5.75 Å². The summed E-state index contributed by atoms with van der Waals surface area (Å²) < 4.78 is 18.2. The predicted octanol–water partition coefficient (Wildman–Crippen LogP) is 4.84. The first-order chi connectivity index (χ1) is 14.6. The van der Waals surface area contributed by atoms with Gasteiger partial charge in [0.05, 0.1) is 19.3 Å². The van der Waals surface area contributed by atoms with E-state index >= 15 is 0 Å². The molecule has 0 amide bonds. The van der Waals surface area contributed by atoms with Crippen LogP contribution in [0.1, 0.15) is 50.2 Å². The Hall–Kier alpha value is -1.88. The molecule has 1 saturated heterocycles. The number of aliphatic hydroxyl groups is 1. The van der Waals surface area contributed by atoms with Crippen LogP contribution in [0.25, 0.3) is 0 Å². The molecule has 0 unspecified atom stereocenters. The maximum atomic E-state index is 11.3. The number of ether oxygens (including phenoxy) is 3. The van der Waals surface area contributed by atoms with Gasteiger partial charge in [-0.1, -0.05) is 55.8 Å². The summed E-state index contributed by atoms with van der Waals surface area (Å²) in [5, 5.41) is 11.3. The van der Waals surface area contributed by atoms with Gasteiger partial charge in [-0.05, 0) is 48.4 Å². The molecule has 3 fully saturated rings. The molecule has 2 saturated carbocycles. The average Bonchev–Trinajstić information content (AvgIpc) is 3.27. The summed E-state index contributed by atoms with van der Waals surface area (Å²) in [5.74, 6) is 1.02. The molecule has 4 nitrogen and oxygen atoms in total. The van der Waals surface area contributed by atoms with Crippen LogP contribution in [0.4, 0.5) is 0 Å². The Bertz CT molecular complexity index is 843. The quantitative estimate of drug-likeness (QED) is 0.787. The molecule has 1 N–H and O–H groups in total. The minimum absolute atomic E-state index is 0.226. The smallest absolute Gasteiger partial charge is 0.171 e. The number of rotatable bonds is 4. The number of fused-ring (bicyclic) bond motifs is 1. The fourth-order valence-corrected chi connectivity index (χ4v) is 6.29. The van der Waals surface area contributed by atoms with Crippen LogP contribution in [0.15, 0.2) is 54.6 Å². The number of hydrogen-bond acceptors (Lipinski definition) is 4. The van der Waals surface area contributed by atoms with Crippen molar-refractivity contribution in [3.05, 3.63) is 65.7 Å². The molecular weight excluding hydrogens is 376 g/mol. The molecule has 1 aliphatic heterocycles. The van der Waals surface area contributed by atoms with Gasteiger partial charge in [0.1, 0.15) is 12.4 Å². The molecule has 2 aromatic rings. The highest BCUT2D eigenvalue weighted by atomic mass is 16.7. The third-order valence-electron chi connectivity index (χ3n) is 7.85. The topological polar surface area (TPSA) is 47.9 Å². The van der Waals surface area contributed by atoms with Crippen molar-refractivity contribution in [2.24, 2.45) is 11.8 Å². The summed E-state index contributed by atoms with van der Waals surface area (Å²) >= 11 is 0. The minimum atomic E-state index is -0.454. The Morgan fingerprint density at radius 2 is 1.70 bits per heavy atom. The van der Waals surface area contributed by atoms with E-state index in [1.807, 2.05) is 18.2 Å². The minimum Gasteiger partial charge on any atom is -0.489 e. The lowest BCUT2D eigenvalue weighted by molar-refractivity contribution is -0.246. The van der Waals surface area contributed by atoms with Crippen molar-refractivity contribution in [2.75, 3.05) is 13.2 Å². The van der Waals surface area contributed by atoms with Crippen LogP contribution in [-0.2, 0) is 21.5 Å². The first kappa shape index (κ1) is 20.0. The summed E-state index contributed by atoms with van der Waals surface area (Å²) in [4.78, 5) is 0. The van der Waals surface area contributed by atoms with Crippen molar-refractivity contribution in [1.29, 1.82) is 0 Å². The van der Waals surface area contributed by atoms with Crippen LogP contribution in [-0.4, -0.2) is 30.2 Å². The molecule has 160 valence electrons. The Morgan fingerprint density at radius 3 is 2.43 bits per heavy atom. The second kappa shape index (κ2) is 7.99. The van der Waals surface area contributed by atoms with Gasteiger partial charge >= 0.3 is 0 Å². The lowest BCUT2D eigenvalue weighted by Crippen LogP contribution is -2.60. The molecule has 5 rings (SSSR count). The van der Waals surface area contributed by atoms with E-state index in [1.165, 1.54) is 5.56 Å². The maximum Gasteiger partial charge on any atom is 0.171 e. The van der Waals surface area contributed by atoms with Crippen LogP contribution < -0.4 is 4.74 Å². The van der Waals surface area contributed by atoms with Crippen molar-refractivity contribution in [3.8, 4) is 5.75 Å². The Labute approximate surface area is 179 Å². The normalized spacial score (nSPS) is 32.7. The summed E-state index contributed by atoms with van der Waals surface area (Å²) in [5.41, 5.74) is 2.16. The van der Waals surface area contributed by atoms with Gasteiger partial charge in [-0.25, -0.2) is 0 Å². The van der Waals surface area contributed by atoms with E-state index in [9.17, 15) is 5.11 Å². The first-order valence-corrected chi connectivity index (χ1v) is 11.4. The molecule has 3 aliphatic rings. The zero-order valence-electron chi connectivity index (χ0n) is 17.8. The Morgan fingerprint density at radius 1 is 0.967 bits per heavy atom. The van der Waals surface area contributed by atoms with Crippen molar-refractivity contribution in [1.82, 2.24) is 0 Å². The van der Waals surface area contributed by atoms with E-state index in [0.717, 1.165) is 43.4 Å². The van der Waals surface area contributed by atoms with Crippen molar-refractivity contribution < 1.29 is 19.3 Å². The zero-order chi connectivity index (χ0) is 20.6. The third-order valence-corrected chi connectivity index (χ3v) is 7.85. The largest absolute Gasteiger partial charge is 0.489 e. The van der Waals surface area contributed by atoms with E-state index in [4.69, 9.17) is 14.2 Å². The third kappa shape index (κ3) is 3.26. The second-order valence-electron chi connectivity index (χ2n) is 9.19. The standard InChI is InChI=1S/C26H32O4/c1-19-23-8-5-9-24(27)25(23,14-15-26(19)29-16-17-30-26)21-10-12-22(13-11-21)28-18-20-6-3-2-4-7-20/h2-4,6-7,10-13,19,23-24,27H,5,8-9,14-18H2,1H3/t19-,23-,24-,25+/m0/s1. The molecule has 4 heteroatoms. The highest BCUT2D eigenvalue weighted by Gasteiger charge is 2.60. The number of aliphatic hydroxyl groups excluding tert-OH is 1. The summed E-state index contributed by atoms with van der Waals surface area (Å²) in [6, 6.07) is 18.7. The van der Waals surface area contributed by atoms with Gasteiger partial charge in [0.15, 0.2) is 5.79 Å². The highest BCUT2D eigenvalue weighted by Crippen LogP contribution is 2.58. The van der Waals surface area contributed by atoms with Crippen LogP contribution in [0, 0.1) is 11.8 Å². The average molecular weight is 409 g/mol. The molecule has 1 spiro atoms. The number of hydrogen-bond donors (Lipinski definition) is 1. The Kier molecular flexibility index (Phi) is 5.34. The van der Waals surface area contributed by atoms with Gasteiger partial charge in [0.25, 0.3) is 0 Å². The van der Waals surface area contributed by atoms with E-state index in [2.05, 4.69) is 43.3 Å². The van der Waals surface area contributed by atoms with E-state index in [1.54, 1.807) is 0 Å². The molecule has 0 aromatic heterocycles. The second-order valence-corrected chi connectivity index (χ2v) is 9.19. The molecule has 30 heavy (non-hydrogen) atoms. The van der Waals surface area contributed by atoms with E-state index < -0.39 is 5.79 Å². The van der Waals surface area contributed by atoms with Gasteiger partial charge in [0.2, 0.25) is 0 Å². The van der Waals surface area contributed by atoms with Gasteiger partial charge in [-0.15, -0.1) is 0 Å². The van der Waals surface area contributed by atoms with Crippen molar-refractivity contribution in [3.63, 3.8) is 0 Å². The molecule has 1 heterocycles. The van der Waals surface area contributed by atoms with Gasteiger partial charge in [0, 0.05) is 17.8 Å². The molecule has 4 atom stereocenters. The molecule has 2 aromatic carbocycles. The van der Waals surface area contributed by atoms with Crippen LogP contribution >= 0.6 is 0 Å². The van der Waals surface area contributed by atoms with Crippen LogP contribution in [0.3, 0.4) is 0 Å². The fraction of sp³-hybridized carbons (Fsp3) is 0.538. The zero-order valence-corrected chi connectivity index (χ0v) is 17.8. The molecule has 0 bridgehead atoms. The fourth-order valence-electron chi connectivity index (χ4n) is 6.29. The maximum absolute atomic E-state index is 11.3. The SMILES string of the molecule is C[C@H]1[C@@H]2CCC[C@H](O)[C@@]2(c2ccc(OCc3ccccc3)cc2)CCC12OCCO2. The molecular formula is C26H32O4. The Balaban J connectivity index is 1.39. The summed E-state index contributed by atoms with van der Waals surface area (Å²) in [6.45, 7) is 4.18. The first-order valence-electron chi connectivity index (χ1n) is 11.4. The van der Waals surface area contributed by atoms with Gasteiger partial charge in [-0.3, -0.25) is 0 Å². The van der Waals surface area contributed by atoms with Gasteiger partial charge in [-0.2, -0.15) is 0 Å². The highest BCUT2D eigenvalue weighted by molar-refractivity contribution is 5.36. The van der Waals surface area contributed by atoms with Crippen LogP contribution in [0.2, 0.25) is 0 Å². The molecule has 0 radical (unpaired) electrons. The van der Waals surface area contributed by atoms with Crippen molar-refractivity contribution in [2.45, 2.75) is 62.9 Å². The van der Waals surface area contributed by atoms with E-state index in [-0.39, 0.29) is 17.4 Å². The van der Waals surface area contributed by atoms with Crippen molar-refractivity contribution >= 4 is 0 Å². The van der Waals surface area contributed by atoms with Gasteiger partial charge < -0.3 is 19.3 Å². The number of benzene rings is 2. The summed E-state index contributed by atoms with van der Waals surface area (Å²) in [6.07, 6.45) is 4.45. The predicted molar refractivity (Wildman–Crippen MR) is 115 cm³/mol. The lowest BCUT2D eigenvalue weighted by atomic mass is 9.51. The monoisotopic (exact) mass is 408 g/mol.